The quantitative estimate of drug-likeness (QED) is 0.572. The summed E-state index contributed by atoms with van der Waals surface area (Å²) in [7, 11) is 1.91. The van der Waals surface area contributed by atoms with Gasteiger partial charge in [0.25, 0.3) is 0 Å². The molecule has 1 aliphatic carbocycles. The topological polar surface area (TPSA) is 15.3 Å². The van der Waals surface area contributed by atoms with Gasteiger partial charge in [0.05, 0.1) is 0 Å². The first-order valence-corrected chi connectivity index (χ1v) is 5.13. The lowest BCUT2D eigenvalue weighted by Gasteiger charge is -2.34. The standard InChI is InChI=1S/C9H16N2S/c1-10-8(12)11-6-2-3-9(7-11)4-5-9/h2-7H2,1H3,(H,10,12). The fraction of sp³-hybridized carbons (Fsp3) is 0.889. The summed E-state index contributed by atoms with van der Waals surface area (Å²) in [4.78, 5) is 2.33. The first-order valence-electron chi connectivity index (χ1n) is 4.72. The summed E-state index contributed by atoms with van der Waals surface area (Å²) < 4.78 is 0. The molecule has 1 spiro atoms. The van der Waals surface area contributed by atoms with E-state index in [4.69, 9.17) is 12.2 Å². The third kappa shape index (κ3) is 1.42. The number of rotatable bonds is 0. The van der Waals surface area contributed by atoms with E-state index in [1.807, 2.05) is 7.05 Å². The van der Waals surface area contributed by atoms with Gasteiger partial charge in [-0.15, -0.1) is 0 Å². The smallest absolute Gasteiger partial charge is 0.168 e. The van der Waals surface area contributed by atoms with Gasteiger partial charge in [0.2, 0.25) is 0 Å². The number of hydrogen-bond donors (Lipinski definition) is 1. The Labute approximate surface area is 79.3 Å². The third-order valence-corrected chi connectivity index (χ3v) is 3.58. The van der Waals surface area contributed by atoms with Gasteiger partial charge in [-0.05, 0) is 43.3 Å². The van der Waals surface area contributed by atoms with Gasteiger partial charge >= 0.3 is 0 Å². The Morgan fingerprint density at radius 1 is 1.42 bits per heavy atom. The molecule has 0 unspecified atom stereocenters. The average molecular weight is 184 g/mol. The first-order chi connectivity index (χ1) is 5.76. The Morgan fingerprint density at radius 2 is 2.17 bits per heavy atom. The van der Waals surface area contributed by atoms with E-state index in [0.717, 1.165) is 11.7 Å². The number of hydrogen-bond acceptors (Lipinski definition) is 1. The van der Waals surface area contributed by atoms with Crippen LogP contribution in [0.5, 0.6) is 0 Å². The van der Waals surface area contributed by atoms with Crippen LogP contribution in [0.3, 0.4) is 0 Å². The van der Waals surface area contributed by atoms with E-state index in [-0.39, 0.29) is 0 Å². The van der Waals surface area contributed by atoms with Gasteiger partial charge in [0.15, 0.2) is 5.11 Å². The number of nitrogens with one attached hydrogen (secondary N) is 1. The maximum absolute atomic E-state index is 5.22. The molecule has 1 aliphatic heterocycles. The van der Waals surface area contributed by atoms with Crippen LogP contribution in [0.2, 0.25) is 0 Å². The Bertz CT molecular complexity index is 199. The summed E-state index contributed by atoms with van der Waals surface area (Å²) in [5.74, 6) is 0. The van der Waals surface area contributed by atoms with Crippen molar-refractivity contribution in [1.82, 2.24) is 10.2 Å². The van der Waals surface area contributed by atoms with E-state index in [0.29, 0.717) is 5.41 Å². The largest absolute Gasteiger partial charge is 0.366 e. The predicted octanol–water partition coefficient (Wildman–Crippen LogP) is 1.37. The van der Waals surface area contributed by atoms with Crippen LogP contribution in [-0.4, -0.2) is 30.1 Å². The van der Waals surface area contributed by atoms with E-state index >= 15 is 0 Å². The van der Waals surface area contributed by atoms with Gasteiger partial charge in [-0.1, -0.05) is 0 Å². The van der Waals surface area contributed by atoms with Gasteiger partial charge in [-0.2, -0.15) is 0 Å². The highest BCUT2D eigenvalue weighted by Crippen LogP contribution is 2.51. The normalized spacial score (nSPS) is 25.6. The summed E-state index contributed by atoms with van der Waals surface area (Å²) in [6.45, 7) is 2.36. The van der Waals surface area contributed by atoms with Crippen LogP contribution in [0.15, 0.2) is 0 Å². The van der Waals surface area contributed by atoms with Crippen LogP contribution in [0.25, 0.3) is 0 Å². The van der Waals surface area contributed by atoms with Crippen molar-refractivity contribution in [2.75, 3.05) is 20.1 Å². The van der Waals surface area contributed by atoms with Crippen LogP contribution in [0.1, 0.15) is 25.7 Å². The zero-order valence-corrected chi connectivity index (χ0v) is 8.41. The number of thiocarbonyl (C=S) groups is 1. The van der Waals surface area contributed by atoms with Gasteiger partial charge in [-0.3, -0.25) is 0 Å². The average Bonchev–Trinajstić information content (AvgIpc) is 2.84. The highest BCUT2D eigenvalue weighted by atomic mass is 32.1. The van der Waals surface area contributed by atoms with E-state index in [2.05, 4.69) is 10.2 Å². The van der Waals surface area contributed by atoms with Gasteiger partial charge < -0.3 is 10.2 Å². The van der Waals surface area contributed by atoms with Gasteiger partial charge in [0.1, 0.15) is 0 Å². The SMILES string of the molecule is CNC(=S)N1CCCC2(CC2)C1. The molecule has 2 nitrogen and oxygen atoms in total. The Hall–Kier alpha value is -0.310. The number of nitrogens with zero attached hydrogens (tertiary/aromatic N) is 1. The van der Waals surface area contributed by atoms with E-state index < -0.39 is 0 Å². The second kappa shape index (κ2) is 2.87. The van der Waals surface area contributed by atoms with Crippen LogP contribution in [-0.2, 0) is 0 Å². The van der Waals surface area contributed by atoms with Crippen molar-refractivity contribution < 1.29 is 0 Å². The van der Waals surface area contributed by atoms with Crippen LogP contribution >= 0.6 is 12.2 Å². The zero-order valence-electron chi connectivity index (χ0n) is 7.60. The lowest BCUT2D eigenvalue weighted by molar-refractivity contribution is 0.239. The minimum atomic E-state index is 0.680. The third-order valence-electron chi connectivity index (χ3n) is 3.12. The highest BCUT2D eigenvalue weighted by molar-refractivity contribution is 7.80. The minimum absolute atomic E-state index is 0.680. The molecular weight excluding hydrogens is 168 g/mol. The molecule has 0 atom stereocenters. The van der Waals surface area contributed by atoms with Crippen molar-refractivity contribution in [1.29, 1.82) is 0 Å². The predicted molar refractivity (Wildman–Crippen MR) is 54.1 cm³/mol. The fourth-order valence-corrected chi connectivity index (χ4v) is 2.28. The minimum Gasteiger partial charge on any atom is -0.366 e. The molecular formula is C9H16N2S. The zero-order chi connectivity index (χ0) is 8.60. The Morgan fingerprint density at radius 3 is 2.75 bits per heavy atom. The van der Waals surface area contributed by atoms with Crippen molar-refractivity contribution in [2.24, 2.45) is 5.41 Å². The van der Waals surface area contributed by atoms with Crippen LogP contribution < -0.4 is 5.32 Å². The second-order valence-corrected chi connectivity index (χ2v) is 4.47. The molecule has 0 aromatic rings. The molecule has 2 fully saturated rings. The van der Waals surface area contributed by atoms with Crippen molar-refractivity contribution in [3.8, 4) is 0 Å². The molecule has 0 amide bonds. The van der Waals surface area contributed by atoms with E-state index in [1.54, 1.807) is 0 Å². The van der Waals surface area contributed by atoms with E-state index in [9.17, 15) is 0 Å². The molecule has 1 heterocycles. The molecule has 2 aliphatic rings. The van der Waals surface area contributed by atoms with Crippen molar-refractivity contribution in [3.05, 3.63) is 0 Å². The molecule has 12 heavy (non-hydrogen) atoms. The lowest BCUT2D eigenvalue weighted by Crippen LogP contribution is -2.44. The molecule has 1 saturated heterocycles. The molecule has 1 N–H and O–H groups in total. The molecule has 0 aromatic carbocycles. The number of piperidine rings is 1. The van der Waals surface area contributed by atoms with Crippen molar-refractivity contribution in [2.45, 2.75) is 25.7 Å². The molecule has 0 radical (unpaired) electrons. The van der Waals surface area contributed by atoms with Crippen LogP contribution in [0, 0.1) is 5.41 Å². The molecule has 3 heteroatoms. The Balaban J connectivity index is 1.94. The first kappa shape index (κ1) is 8.30. The monoisotopic (exact) mass is 184 g/mol. The molecule has 0 aromatic heterocycles. The lowest BCUT2D eigenvalue weighted by atomic mass is 9.95. The second-order valence-electron chi connectivity index (χ2n) is 4.08. The summed E-state index contributed by atoms with van der Waals surface area (Å²) in [5.41, 5.74) is 0.680. The molecule has 1 saturated carbocycles. The maximum Gasteiger partial charge on any atom is 0.168 e. The summed E-state index contributed by atoms with van der Waals surface area (Å²) in [6.07, 6.45) is 5.60. The summed E-state index contributed by atoms with van der Waals surface area (Å²) in [5, 5.41) is 3.99. The highest BCUT2D eigenvalue weighted by Gasteiger charge is 2.45. The number of likely N-dealkylation sites (tertiary alicyclic amines) is 1. The van der Waals surface area contributed by atoms with Gasteiger partial charge in [0, 0.05) is 20.1 Å². The molecule has 0 bridgehead atoms. The summed E-state index contributed by atoms with van der Waals surface area (Å²) >= 11 is 5.22. The van der Waals surface area contributed by atoms with Crippen molar-refractivity contribution >= 4 is 17.3 Å². The van der Waals surface area contributed by atoms with Crippen LogP contribution in [0.4, 0.5) is 0 Å². The summed E-state index contributed by atoms with van der Waals surface area (Å²) in [6, 6.07) is 0. The Kier molecular flexibility index (Phi) is 1.99. The molecule has 68 valence electrons. The maximum atomic E-state index is 5.22. The van der Waals surface area contributed by atoms with Crippen molar-refractivity contribution in [3.63, 3.8) is 0 Å². The van der Waals surface area contributed by atoms with E-state index in [1.165, 1.54) is 32.2 Å². The van der Waals surface area contributed by atoms with Gasteiger partial charge in [-0.25, -0.2) is 0 Å². The molecule has 2 rings (SSSR count). The fourth-order valence-electron chi connectivity index (χ4n) is 2.12.